The van der Waals surface area contributed by atoms with E-state index in [-0.39, 0.29) is 11.9 Å². The van der Waals surface area contributed by atoms with Gasteiger partial charge < -0.3 is 11.5 Å². The Bertz CT molecular complexity index is 911. The Kier molecular flexibility index (Phi) is 4.84. The first kappa shape index (κ1) is 17.9. The van der Waals surface area contributed by atoms with Crippen LogP contribution in [-0.2, 0) is 0 Å². The van der Waals surface area contributed by atoms with Crippen LogP contribution < -0.4 is 27.9 Å². The summed E-state index contributed by atoms with van der Waals surface area (Å²) >= 11 is 5.93. The van der Waals surface area contributed by atoms with Gasteiger partial charge >= 0.3 is 0 Å². The number of anilines is 1. The molecule has 1 aliphatic heterocycles. The number of hydrogen-bond donors (Lipinski definition) is 5. The highest BCUT2D eigenvalue weighted by Crippen LogP contribution is 2.39. The number of hydrazine groups is 2. The third-order valence-corrected chi connectivity index (χ3v) is 5.20. The van der Waals surface area contributed by atoms with Crippen LogP contribution in [0.3, 0.4) is 0 Å². The zero-order chi connectivity index (χ0) is 19.0. The summed E-state index contributed by atoms with van der Waals surface area (Å²) < 4.78 is 0. The minimum absolute atomic E-state index is 0.0845. The average molecular weight is 385 g/mol. The molecule has 2 atom stereocenters. The maximum Gasteiger partial charge on any atom is 0.278 e. The van der Waals surface area contributed by atoms with E-state index in [4.69, 9.17) is 23.1 Å². The number of carbonyl (C=O) groups excluding carboxylic acids is 1. The Morgan fingerprint density at radius 2 is 1.96 bits per heavy atom. The summed E-state index contributed by atoms with van der Waals surface area (Å²) in [6.45, 7) is 0. The number of hydrogen-bond acceptors (Lipinski definition) is 5. The molecule has 1 heterocycles. The molecule has 1 aliphatic carbocycles. The van der Waals surface area contributed by atoms with E-state index in [1.807, 2.05) is 12.1 Å². The fourth-order valence-electron chi connectivity index (χ4n) is 3.36. The Hall–Kier alpha value is -2.45. The molecule has 0 radical (unpaired) electrons. The number of nitrogens with two attached hydrogens (primary N) is 2. The second-order valence-corrected chi connectivity index (χ2v) is 7.35. The SMILES string of the molecule is NC(=NC(=O)c1cccc(Cl)c1)c1cc(C2NNNC2C2CC2)ccc1N. The molecule has 7 N–H and O–H groups in total. The van der Waals surface area contributed by atoms with Crippen LogP contribution in [0.15, 0.2) is 47.5 Å². The quantitative estimate of drug-likeness (QED) is 0.312. The predicted molar refractivity (Wildman–Crippen MR) is 106 cm³/mol. The topological polar surface area (TPSA) is 118 Å². The molecule has 2 fully saturated rings. The lowest BCUT2D eigenvalue weighted by Crippen LogP contribution is -2.34. The van der Waals surface area contributed by atoms with Crippen molar-refractivity contribution in [3.63, 3.8) is 0 Å². The minimum atomic E-state index is -0.460. The number of amidine groups is 1. The van der Waals surface area contributed by atoms with Gasteiger partial charge in [-0.3, -0.25) is 4.79 Å². The second-order valence-electron chi connectivity index (χ2n) is 6.91. The van der Waals surface area contributed by atoms with Gasteiger partial charge in [0.25, 0.3) is 5.91 Å². The summed E-state index contributed by atoms with van der Waals surface area (Å²) in [4.78, 5) is 16.4. The molecule has 2 aliphatic rings. The maximum atomic E-state index is 12.4. The van der Waals surface area contributed by atoms with Crippen LogP contribution in [0.5, 0.6) is 0 Å². The Balaban J connectivity index is 1.61. The monoisotopic (exact) mass is 384 g/mol. The van der Waals surface area contributed by atoms with Crippen LogP contribution in [0.1, 0.15) is 40.4 Å². The van der Waals surface area contributed by atoms with Crippen LogP contribution >= 0.6 is 11.6 Å². The number of nitrogens with zero attached hydrogens (tertiary/aromatic N) is 1. The average Bonchev–Trinajstić information content (AvgIpc) is 3.39. The van der Waals surface area contributed by atoms with Crippen molar-refractivity contribution in [2.24, 2.45) is 16.6 Å². The number of rotatable bonds is 4. The van der Waals surface area contributed by atoms with Crippen LogP contribution in [0.25, 0.3) is 0 Å². The van der Waals surface area contributed by atoms with E-state index in [0.717, 1.165) is 5.56 Å². The number of benzene rings is 2. The zero-order valence-electron chi connectivity index (χ0n) is 14.6. The zero-order valence-corrected chi connectivity index (χ0v) is 15.3. The number of carbonyl (C=O) groups is 1. The van der Waals surface area contributed by atoms with Gasteiger partial charge in [-0.05, 0) is 54.7 Å². The molecule has 2 aromatic rings. The largest absolute Gasteiger partial charge is 0.398 e. The Labute approximate surface area is 162 Å². The second kappa shape index (κ2) is 7.28. The molecular weight excluding hydrogens is 364 g/mol. The molecule has 8 heteroatoms. The summed E-state index contributed by atoms with van der Waals surface area (Å²) in [5.41, 5.74) is 24.1. The third kappa shape index (κ3) is 3.81. The molecule has 0 bridgehead atoms. The third-order valence-electron chi connectivity index (χ3n) is 4.96. The minimum Gasteiger partial charge on any atom is -0.398 e. The highest BCUT2D eigenvalue weighted by molar-refractivity contribution is 6.31. The number of nitrogens with one attached hydrogen (secondary N) is 3. The van der Waals surface area contributed by atoms with Gasteiger partial charge in [0.1, 0.15) is 5.84 Å². The molecule has 2 unspecified atom stereocenters. The lowest BCUT2D eigenvalue weighted by molar-refractivity contribution is 0.100. The lowest BCUT2D eigenvalue weighted by Gasteiger charge is -2.19. The molecule has 7 nitrogen and oxygen atoms in total. The lowest BCUT2D eigenvalue weighted by atomic mass is 9.95. The molecule has 1 saturated heterocycles. The van der Waals surface area contributed by atoms with Crippen molar-refractivity contribution in [2.75, 3.05) is 5.73 Å². The molecule has 140 valence electrons. The predicted octanol–water partition coefficient (Wildman–Crippen LogP) is 1.90. The van der Waals surface area contributed by atoms with E-state index >= 15 is 0 Å². The fraction of sp³-hybridized carbons (Fsp3) is 0.263. The molecule has 27 heavy (non-hydrogen) atoms. The summed E-state index contributed by atoms with van der Waals surface area (Å²) in [6.07, 6.45) is 2.44. The fourth-order valence-corrected chi connectivity index (χ4v) is 3.55. The van der Waals surface area contributed by atoms with Crippen LogP contribution in [-0.4, -0.2) is 17.8 Å². The molecule has 1 amide bonds. The van der Waals surface area contributed by atoms with Crippen molar-refractivity contribution >= 4 is 29.0 Å². The number of nitrogen functional groups attached to an aromatic ring is 1. The van der Waals surface area contributed by atoms with Gasteiger partial charge in [-0.15, -0.1) is 0 Å². The summed E-state index contributed by atoms with van der Waals surface area (Å²) in [7, 11) is 0. The number of halogens is 1. The highest BCUT2D eigenvalue weighted by atomic mass is 35.5. The van der Waals surface area contributed by atoms with Crippen LogP contribution in [0.2, 0.25) is 5.02 Å². The standard InChI is InChI=1S/C19H21ClN6O/c20-13-3-1-2-12(8-13)19(27)23-18(22)14-9-11(6-7-15(14)21)17-16(10-4-5-10)24-26-25-17/h1-3,6-10,16-17,24-26H,4-5,21H2,(H2,22,23,27). The Morgan fingerprint density at radius 1 is 1.15 bits per heavy atom. The first-order valence-electron chi connectivity index (χ1n) is 8.83. The van der Waals surface area contributed by atoms with E-state index in [0.29, 0.717) is 33.8 Å². The van der Waals surface area contributed by atoms with Gasteiger partial charge in [0.2, 0.25) is 0 Å². The molecule has 0 aromatic heterocycles. The number of aliphatic imine (C=N–C) groups is 1. The smallest absolute Gasteiger partial charge is 0.278 e. The van der Waals surface area contributed by atoms with Gasteiger partial charge in [0.05, 0.1) is 6.04 Å². The normalized spacial score (nSPS) is 22.8. The van der Waals surface area contributed by atoms with Gasteiger partial charge in [-0.25, -0.2) is 10.9 Å². The van der Waals surface area contributed by atoms with Crippen molar-refractivity contribution in [1.29, 1.82) is 0 Å². The van der Waals surface area contributed by atoms with Crippen molar-refractivity contribution in [1.82, 2.24) is 16.4 Å². The van der Waals surface area contributed by atoms with E-state index < -0.39 is 5.91 Å². The van der Waals surface area contributed by atoms with Crippen LogP contribution in [0, 0.1) is 5.92 Å². The van der Waals surface area contributed by atoms with Gasteiger partial charge in [-0.2, -0.15) is 10.5 Å². The highest BCUT2D eigenvalue weighted by Gasteiger charge is 2.40. The van der Waals surface area contributed by atoms with Crippen LogP contribution in [0.4, 0.5) is 5.69 Å². The van der Waals surface area contributed by atoms with E-state index in [1.54, 1.807) is 30.3 Å². The van der Waals surface area contributed by atoms with Gasteiger partial charge in [0.15, 0.2) is 0 Å². The van der Waals surface area contributed by atoms with E-state index in [1.165, 1.54) is 12.8 Å². The maximum absolute atomic E-state index is 12.4. The Morgan fingerprint density at radius 3 is 2.70 bits per heavy atom. The first-order chi connectivity index (χ1) is 13.0. The summed E-state index contributed by atoms with van der Waals surface area (Å²) in [5, 5.41) is 0.467. The van der Waals surface area contributed by atoms with Crippen molar-refractivity contribution in [2.45, 2.75) is 24.9 Å². The van der Waals surface area contributed by atoms with Crippen molar-refractivity contribution in [3.05, 3.63) is 64.2 Å². The van der Waals surface area contributed by atoms with Crippen molar-refractivity contribution in [3.8, 4) is 0 Å². The molecule has 1 saturated carbocycles. The van der Waals surface area contributed by atoms with Gasteiger partial charge in [-0.1, -0.05) is 23.7 Å². The van der Waals surface area contributed by atoms with Gasteiger partial charge in [0, 0.05) is 27.9 Å². The number of amides is 1. The summed E-state index contributed by atoms with van der Waals surface area (Å²) in [5.74, 6) is 0.271. The van der Waals surface area contributed by atoms with E-state index in [9.17, 15) is 4.79 Å². The van der Waals surface area contributed by atoms with Crippen molar-refractivity contribution < 1.29 is 4.79 Å². The summed E-state index contributed by atoms with van der Waals surface area (Å²) in [6, 6.07) is 12.6. The van der Waals surface area contributed by atoms with E-state index in [2.05, 4.69) is 21.4 Å². The molecule has 2 aromatic carbocycles. The molecule has 0 spiro atoms. The first-order valence-corrected chi connectivity index (χ1v) is 9.20. The molecule has 4 rings (SSSR count). The molecular formula is C19H21ClN6O.